The second-order valence-electron chi connectivity index (χ2n) is 6.08. The molecule has 0 atom stereocenters. The number of rotatable bonds is 6. The fourth-order valence-corrected chi connectivity index (χ4v) is 2.90. The van der Waals surface area contributed by atoms with Gasteiger partial charge in [-0.15, -0.1) is 0 Å². The first-order chi connectivity index (χ1) is 11.2. The van der Waals surface area contributed by atoms with E-state index < -0.39 is 0 Å². The summed E-state index contributed by atoms with van der Waals surface area (Å²) >= 11 is 0. The van der Waals surface area contributed by atoms with Crippen molar-refractivity contribution in [1.82, 2.24) is 14.5 Å². The Morgan fingerprint density at radius 1 is 1.43 bits per heavy atom. The lowest BCUT2D eigenvalue weighted by molar-refractivity contribution is -0.138. The Hall–Kier alpha value is -2.17. The lowest BCUT2D eigenvalue weighted by atomic mass is 9.84. The first kappa shape index (κ1) is 15.7. The van der Waals surface area contributed by atoms with Crippen LogP contribution in [0.5, 0.6) is 0 Å². The molecule has 5 heteroatoms. The van der Waals surface area contributed by atoms with Crippen LogP contribution in [-0.4, -0.2) is 26.9 Å². The van der Waals surface area contributed by atoms with Crippen molar-refractivity contribution >= 4 is 5.91 Å². The third kappa shape index (κ3) is 3.60. The minimum Gasteiger partial charge on any atom is -0.335 e. The van der Waals surface area contributed by atoms with Crippen molar-refractivity contribution in [3.63, 3.8) is 0 Å². The Morgan fingerprint density at radius 3 is 2.91 bits per heavy atom. The summed E-state index contributed by atoms with van der Waals surface area (Å²) in [5.74, 6) is 1.03. The zero-order valence-electron chi connectivity index (χ0n) is 13.4. The molecule has 0 saturated heterocycles. The fraction of sp³-hybridized carbons (Fsp3) is 0.444. The van der Waals surface area contributed by atoms with Crippen LogP contribution < -0.4 is 0 Å². The maximum atomic E-state index is 13.3. The minimum absolute atomic E-state index is 0.196. The molecule has 122 valence electrons. The average molecular weight is 315 g/mol. The van der Waals surface area contributed by atoms with Gasteiger partial charge in [-0.05, 0) is 37.5 Å². The summed E-state index contributed by atoms with van der Waals surface area (Å²) in [7, 11) is 0. The molecule has 1 aromatic carbocycles. The SMILES string of the molecule is CCN(Cc1nccn1Cc1cccc(F)c1)C(=O)C1CCC1. The third-order valence-electron chi connectivity index (χ3n) is 4.52. The van der Waals surface area contributed by atoms with E-state index >= 15 is 0 Å². The lowest BCUT2D eigenvalue weighted by Crippen LogP contribution is -2.38. The van der Waals surface area contributed by atoms with Gasteiger partial charge in [0, 0.05) is 31.4 Å². The first-order valence-corrected chi connectivity index (χ1v) is 8.20. The highest BCUT2D eigenvalue weighted by atomic mass is 19.1. The molecular weight excluding hydrogens is 293 g/mol. The second-order valence-corrected chi connectivity index (χ2v) is 6.08. The molecule has 1 aliphatic rings. The molecule has 1 heterocycles. The molecule has 2 aromatic rings. The van der Waals surface area contributed by atoms with Gasteiger partial charge in [0.15, 0.2) is 0 Å². The molecule has 0 unspecified atom stereocenters. The van der Waals surface area contributed by atoms with Crippen LogP contribution in [0.15, 0.2) is 36.7 Å². The van der Waals surface area contributed by atoms with Crippen molar-refractivity contribution in [2.75, 3.05) is 6.54 Å². The van der Waals surface area contributed by atoms with Crippen LogP contribution in [-0.2, 0) is 17.9 Å². The number of carbonyl (C=O) groups excluding carboxylic acids is 1. The standard InChI is InChI=1S/C18H22FN3O/c1-2-21(18(23)15-6-4-7-15)13-17-20-9-10-22(17)12-14-5-3-8-16(19)11-14/h3,5,8-11,15H,2,4,6-7,12-13H2,1H3. The van der Waals surface area contributed by atoms with Gasteiger partial charge in [-0.2, -0.15) is 0 Å². The van der Waals surface area contributed by atoms with Gasteiger partial charge in [0.1, 0.15) is 11.6 Å². The van der Waals surface area contributed by atoms with E-state index in [-0.39, 0.29) is 17.6 Å². The molecule has 0 aliphatic heterocycles. The fourth-order valence-electron chi connectivity index (χ4n) is 2.90. The van der Waals surface area contributed by atoms with Crippen LogP contribution in [0.3, 0.4) is 0 Å². The van der Waals surface area contributed by atoms with Gasteiger partial charge in [-0.3, -0.25) is 4.79 Å². The van der Waals surface area contributed by atoms with E-state index in [2.05, 4.69) is 4.98 Å². The zero-order chi connectivity index (χ0) is 16.2. The largest absolute Gasteiger partial charge is 0.335 e. The Balaban J connectivity index is 1.71. The van der Waals surface area contributed by atoms with Crippen LogP contribution in [0.2, 0.25) is 0 Å². The summed E-state index contributed by atoms with van der Waals surface area (Å²) in [6, 6.07) is 6.57. The molecule has 1 aromatic heterocycles. The third-order valence-corrected chi connectivity index (χ3v) is 4.52. The van der Waals surface area contributed by atoms with Crippen LogP contribution in [0.25, 0.3) is 0 Å². The van der Waals surface area contributed by atoms with Gasteiger partial charge >= 0.3 is 0 Å². The first-order valence-electron chi connectivity index (χ1n) is 8.20. The van der Waals surface area contributed by atoms with Crippen molar-refractivity contribution in [1.29, 1.82) is 0 Å². The molecular formula is C18H22FN3O. The lowest BCUT2D eigenvalue weighted by Gasteiger charge is -2.30. The second kappa shape index (κ2) is 6.94. The van der Waals surface area contributed by atoms with E-state index in [1.165, 1.54) is 12.1 Å². The van der Waals surface area contributed by atoms with Gasteiger partial charge in [-0.25, -0.2) is 9.37 Å². The zero-order valence-corrected chi connectivity index (χ0v) is 13.4. The van der Waals surface area contributed by atoms with E-state index in [1.54, 1.807) is 12.3 Å². The number of amides is 1. The van der Waals surface area contributed by atoms with Crippen molar-refractivity contribution in [3.05, 3.63) is 53.9 Å². The summed E-state index contributed by atoms with van der Waals surface area (Å²) in [6.07, 6.45) is 6.78. The minimum atomic E-state index is -0.237. The smallest absolute Gasteiger partial charge is 0.226 e. The quantitative estimate of drug-likeness (QED) is 0.821. The summed E-state index contributed by atoms with van der Waals surface area (Å²) in [5, 5.41) is 0. The van der Waals surface area contributed by atoms with Gasteiger partial charge in [0.25, 0.3) is 0 Å². The van der Waals surface area contributed by atoms with Gasteiger partial charge < -0.3 is 9.47 Å². The Kier molecular flexibility index (Phi) is 4.74. The van der Waals surface area contributed by atoms with Crippen LogP contribution in [0.4, 0.5) is 4.39 Å². The molecule has 4 nitrogen and oxygen atoms in total. The van der Waals surface area contributed by atoms with Crippen molar-refractivity contribution in [2.45, 2.75) is 39.3 Å². The summed E-state index contributed by atoms with van der Waals surface area (Å²) < 4.78 is 15.3. The van der Waals surface area contributed by atoms with Crippen molar-refractivity contribution < 1.29 is 9.18 Å². The predicted molar refractivity (Wildman–Crippen MR) is 86.2 cm³/mol. The Labute approximate surface area is 135 Å². The number of carbonyl (C=O) groups is 1. The molecule has 1 fully saturated rings. The molecule has 23 heavy (non-hydrogen) atoms. The maximum absolute atomic E-state index is 13.3. The highest BCUT2D eigenvalue weighted by molar-refractivity contribution is 5.79. The monoisotopic (exact) mass is 315 g/mol. The maximum Gasteiger partial charge on any atom is 0.226 e. The van der Waals surface area contributed by atoms with Crippen LogP contribution in [0.1, 0.15) is 37.6 Å². The molecule has 1 saturated carbocycles. The average Bonchev–Trinajstić information content (AvgIpc) is 2.89. The summed E-state index contributed by atoms with van der Waals surface area (Å²) in [5.41, 5.74) is 0.887. The van der Waals surface area contributed by atoms with E-state index in [0.29, 0.717) is 19.6 Å². The number of aromatic nitrogens is 2. The summed E-state index contributed by atoms with van der Waals surface area (Å²) in [6.45, 7) is 3.75. The topological polar surface area (TPSA) is 38.1 Å². The van der Waals surface area contributed by atoms with Crippen molar-refractivity contribution in [3.8, 4) is 0 Å². The number of hydrogen-bond donors (Lipinski definition) is 0. The number of nitrogens with zero attached hydrogens (tertiary/aromatic N) is 3. The van der Waals surface area contributed by atoms with Crippen molar-refractivity contribution in [2.24, 2.45) is 5.92 Å². The number of halogens is 1. The van der Waals surface area contributed by atoms with Gasteiger partial charge in [0.05, 0.1) is 6.54 Å². The molecule has 1 amide bonds. The molecule has 0 radical (unpaired) electrons. The Bertz CT molecular complexity index is 678. The van der Waals surface area contributed by atoms with E-state index in [4.69, 9.17) is 0 Å². The van der Waals surface area contributed by atoms with E-state index in [1.807, 2.05) is 28.7 Å². The van der Waals surface area contributed by atoms with Gasteiger partial charge in [0.2, 0.25) is 5.91 Å². The van der Waals surface area contributed by atoms with Gasteiger partial charge in [-0.1, -0.05) is 18.6 Å². The molecule has 0 spiro atoms. The van der Waals surface area contributed by atoms with Crippen LogP contribution >= 0.6 is 0 Å². The number of hydrogen-bond acceptors (Lipinski definition) is 2. The predicted octanol–water partition coefficient (Wildman–Crippen LogP) is 3.22. The Morgan fingerprint density at radius 2 is 2.26 bits per heavy atom. The van der Waals surface area contributed by atoms with Crippen LogP contribution in [0, 0.1) is 11.7 Å². The normalized spacial score (nSPS) is 14.5. The molecule has 1 aliphatic carbocycles. The van der Waals surface area contributed by atoms with E-state index in [9.17, 15) is 9.18 Å². The highest BCUT2D eigenvalue weighted by Crippen LogP contribution is 2.28. The molecule has 0 N–H and O–H groups in total. The number of imidazole rings is 1. The molecule has 0 bridgehead atoms. The van der Waals surface area contributed by atoms with E-state index in [0.717, 1.165) is 30.7 Å². The molecule has 3 rings (SSSR count). The number of benzene rings is 1. The highest BCUT2D eigenvalue weighted by Gasteiger charge is 2.29. The summed E-state index contributed by atoms with van der Waals surface area (Å²) in [4.78, 5) is 18.7.